The molecule has 0 saturated carbocycles. The Kier molecular flexibility index (Phi) is 6.52. The van der Waals surface area contributed by atoms with E-state index < -0.39 is 0 Å². The van der Waals surface area contributed by atoms with Crippen molar-refractivity contribution in [1.82, 2.24) is 19.3 Å². The number of likely N-dealkylation sites (tertiary alicyclic amines) is 1. The van der Waals surface area contributed by atoms with Crippen LogP contribution < -0.4 is 0 Å². The molecule has 0 N–H and O–H groups in total. The second-order valence-electron chi connectivity index (χ2n) is 9.89. The van der Waals surface area contributed by atoms with Crippen LogP contribution in [0.4, 0.5) is 0 Å². The number of rotatable bonds is 5. The third-order valence-corrected chi connectivity index (χ3v) is 7.62. The molecule has 0 radical (unpaired) electrons. The fourth-order valence-electron chi connectivity index (χ4n) is 5.40. The van der Waals surface area contributed by atoms with Gasteiger partial charge in [0, 0.05) is 56.4 Å². The summed E-state index contributed by atoms with van der Waals surface area (Å²) in [6.45, 7) is 9.79. The molecule has 0 spiro atoms. The summed E-state index contributed by atoms with van der Waals surface area (Å²) in [6.07, 6.45) is 1.95. The van der Waals surface area contributed by atoms with E-state index in [1.54, 1.807) is 0 Å². The van der Waals surface area contributed by atoms with Crippen LogP contribution in [0.2, 0.25) is 0 Å². The molecule has 0 aliphatic carbocycles. The lowest BCUT2D eigenvalue weighted by molar-refractivity contribution is -0.138. The van der Waals surface area contributed by atoms with Crippen LogP contribution in [-0.2, 0) is 17.9 Å². The maximum absolute atomic E-state index is 13.0. The molecule has 2 aromatic carbocycles. The predicted octanol–water partition coefficient (Wildman–Crippen LogP) is 3.98. The van der Waals surface area contributed by atoms with Gasteiger partial charge in [0.2, 0.25) is 5.91 Å². The summed E-state index contributed by atoms with van der Waals surface area (Å²) >= 11 is 0. The number of aryl methyl sites for hydroxylation is 1. The molecule has 3 heterocycles. The van der Waals surface area contributed by atoms with Gasteiger partial charge in [-0.2, -0.15) is 0 Å². The minimum atomic E-state index is 0.197. The van der Waals surface area contributed by atoms with Gasteiger partial charge in [-0.05, 0) is 68.5 Å². The molecule has 5 nitrogen and oxygen atoms in total. The summed E-state index contributed by atoms with van der Waals surface area (Å²) in [6, 6.07) is 19.8. The molecule has 0 bridgehead atoms. The van der Waals surface area contributed by atoms with E-state index in [4.69, 9.17) is 0 Å². The number of amides is 1. The normalized spacial score (nSPS) is 18.8. The Balaban J connectivity index is 1.27. The van der Waals surface area contributed by atoms with Crippen molar-refractivity contribution in [2.75, 3.05) is 46.3 Å². The highest BCUT2D eigenvalue weighted by molar-refractivity contribution is 5.81. The van der Waals surface area contributed by atoms with E-state index >= 15 is 0 Å². The largest absolute Gasteiger partial charge is 0.340 e. The van der Waals surface area contributed by atoms with Crippen molar-refractivity contribution in [3.8, 4) is 0 Å². The number of carbonyl (C=O) groups is 1. The number of fused-ring (bicyclic) bond motifs is 1. The highest BCUT2D eigenvalue weighted by Crippen LogP contribution is 2.26. The lowest BCUT2D eigenvalue weighted by Gasteiger charge is -2.37. The number of hydrogen-bond donors (Lipinski definition) is 0. The number of piperazine rings is 1. The number of nitrogens with zero attached hydrogens (tertiary/aromatic N) is 4. The molecule has 5 rings (SSSR count). The van der Waals surface area contributed by atoms with E-state index in [0.717, 1.165) is 65.2 Å². The van der Waals surface area contributed by atoms with Gasteiger partial charge in [-0.25, -0.2) is 0 Å². The summed E-state index contributed by atoms with van der Waals surface area (Å²) in [4.78, 5) is 20.0. The van der Waals surface area contributed by atoms with E-state index in [1.165, 1.54) is 27.7 Å². The summed E-state index contributed by atoms with van der Waals surface area (Å²) in [5.41, 5.74) is 5.38. The van der Waals surface area contributed by atoms with Crippen LogP contribution in [0.25, 0.3) is 10.9 Å². The van der Waals surface area contributed by atoms with Crippen LogP contribution in [-0.4, -0.2) is 71.5 Å². The zero-order valence-electron chi connectivity index (χ0n) is 20.0. The minimum Gasteiger partial charge on any atom is -0.340 e. The van der Waals surface area contributed by atoms with Crippen molar-refractivity contribution < 1.29 is 4.79 Å². The van der Waals surface area contributed by atoms with Crippen LogP contribution in [0.5, 0.6) is 0 Å². The van der Waals surface area contributed by atoms with Gasteiger partial charge >= 0.3 is 0 Å². The van der Waals surface area contributed by atoms with Crippen molar-refractivity contribution in [3.63, 3.8) is 0 Å². The quantitative estimate of drug-likeness (QED) is 0.597. The molecular weight excluding hydrogens is 408 g/mol. The lowest BCUT2D eigenvalue weighted by atomic mass is 9.95. The number of hydrogen-bond acceptors (Lipinski definition) is 3. The molecule has 2 aliphatic rings. The predicted molar refractivity (Wildman–Crippen MR) is 134 cm³/mol. The highest BCUT2D eigenvalue weighted by atomic mass is 16.2. The number of aromatic nitrogens is 1. The smallest absolute Gasteiger partial charge is 0.225 e. The first-order valence-electron chi connectivity index (χ1n) is 12.4. The Morgan fingerprint density at radius 2 is 1.58 bits per heavy atom. The molecule has 1 aromatic heterocycles. The monoisotopic (exact) mass is 444 g/mol. The van der Waals surface area contributed by atoms with E-state index in [1.807, 2.05) is 0 Å². The molecule has 2 saturated heterocycles. The van der Waals surface area contributed by atoms with Gasteiger partial charge in [0.05, 0.1) is 0 Å². The maximum Gasteiger partial charge on any atom is 0.225 e. The third-order valence-electron chi connectivity index (χ3n) is 7.62. The molecule has 3 aromatic rings. The Hall–Kier alpha value is -2.63. The number of carbonyl (C=O) groups excluding carboxylic acids is 1. The van der Waals surface area contributed by atoms with Crippen molar-refractivity contribution in [1.29, 1.82) is 0 Å². The molecular formula is C28H36N4O. The standard InChI is InChI=1S/C28H36N4O/c1-22-7-3-4-9-25(22)20-32-26(19-24-8-5-6-10-27(24)32)21-30-13-11-23(12-14-30)28(33)31-17-15-29(2)16-18-31/h3-10,19,23H,11-18,20-21H2,1-2H3. The van der Waals surface area contributed by atoms with Crippen molar-refractivity contribution in [3.05, 3.63) is 71.4 Å². The molecule has 1 amide bonds. The van der Waals surface area contributed by atoms with Crippen molar-refractivity contribution in [2.24, 2.45) is 5.92 Å². The van der Waals surface area contributed by atoms with Crippen LogP contribution in [0, 0.1) is 12.8 Å². The summed E-state index contributed by atoms with van der Waals surface area (Å²) in [5.74, 6) is 0.582. The zero-order chi connectivity index (χ0) is 22.8. The topological polar surface area (TPSA) is 31.7 Å². The fourth-order valence-corrected chi connectivity index (χ4v) is 5.40. The van der Waals surface area contributed by atoms with E-state index in [-0.39, 0.29) is 5.92 Å². The average Bonchev–Trinajstić information content (AvgIpc) is 3.18. The third kappa shape index (κ3) is 4.85. The van der Waals surface area contributed by atoms with Crippen LogP contribution in [0.1, 0.15) is 29.7 Å². The van der Waals surface area contributed by atoms with E-state index in [0.29, 0.717) is 5.91 Å². The SMILES string of the molecule is Cc1ccccc1Cn1c(CN2CCC(C(=O)N3CCN(C)CC3)CC2)cc2ccccc21. The lowest BCUT2D eigenvalue weighted by Crippen LogP contribution is -2.50. The fraction of sp³-hybridized carbons (Fsp3) is 0.464. The molecule has 2 aliphatic heterocycles. The Morgan fingerprint density at radius 1 is 0.879 bits per heavy atom. The van der Waals surface area contributed by atoms with Gasteiger partial charge in [-0.1, -0.05) is 42.5 Å². The van der Waals surface area contributed by atoms with E-state index in [9.17, 15) is 4.79 Å². The number of para-hydroxylation sites is 1. The second-order valence-corrected chi connectivity index (χ2v) is 9.89. The Labute approximate surface area is 197 Å². The van der Waals surface area contributed by atoms with Gasteiger partial charge in [-0.15, -0.1) is 0 Å². The number of likely N-dealkylation sites (N-methyl/N-ethyl adjacent to an activating group) is 1. The van der Waals surface area contributed by atoms with Gasteiger partial charge in [-0.3, -0.25) is 9.69 Å². The Bertz CT molecular complexity index is 1100. The van der Waals surface area contributed by atoms with Crippen LogP contribution in [0.3, 0.4) is 0 Å². The first kappa shape index (κ1) is 22.2. The summed E-state index contributed by atoms with van der Waals surface area (Å²) < 4.78 is 2.49. The van der Waals surface area contributed by atoms with Crippen LogP contribution >= 0.6 is 0 Å². The second kappa shape index (κ2) is 9.70. The molecule has 0 atom stereocenters. The first-order chi connectivity index (χ1) is 16.1. The van der Waals surface area contributed by atoms with Gasteiger partial charge in [0.1, 0.15) is 0 Å². The number of benzene rings is 2. The minimum absolute atomic E-state index is 0.197. The molecule has 174 valence electrons. The first-order valence-corrected chi connectivity index (χ1v) is 12.4. The summed E-state index contributed by atoms with van der Waals surface area (Å²) in [5, 5.41) is 1.31. The Morgan fingerprint density at radius 3 is 2.33 bits per heavy atom. The number of piperidine rings is 1. The van der Waals surface area contributed by atoms with Crippen LogP contribution in [0.15, 0.2) is 54.6 Å². The van der Waals surface area contributed by atoms with E-state index in [2.05, 4.69) is 87.8 Å². The average molecular weight is 445 g/mol. The summed E-state index contributed by atoms with van der Waals surface area (Å²) in [7, 11) is 2.14. The van der Waals surface area contributed by atoms with Gasteiger partial charge in [0.15, 0.2) is 0 Å². The zero-order valence-corrected chi connectivity index (χ0v) is 20.0. The van der Waals surface area contributed by atoms with Crippen molar-refractivity contribution in [2.45, 2.75) is 32.9 Å². The van der Waals surface area contributed by atoms with Gasteiger partial charge < -0.3 is 14.4 Å². The van der Waals surface area contributed by atoms with Crippen molar-refractivity contribution >= 4 is 16.8 Å². The molecule has 33 heavy (non-hydrogen) atoms. The maximum atomic E-state index is 13.0. The molecule has 2 fully saturated rings. The highest BCUT2D eigenvalue weighted by Gasteiger charge is 2.30. The van der Waals surface area contributed by atoms with Gasteiger partial charge in [0.25, 0.3) is 0 Å². The molecule has 0 unspecified atom stereocenters. The molecule has 5 heteroatoms.